The second-order valence-corrected chi connectivity index (χ2v) is 14.5. The number of hydrogen-bond donors (Lipinski definition) is 2. The molecule has 9 atom stereocenters. The van der Waals surface area contributed by atoms with Crippen LogP contribution in [0.4, 0.5) is 0 Å². The van der Waals surface area contributed by atoms with Gasteiger partial charge in [-0.2, -0.15) is 0 Å². The van der Waals surface area contributed by atoms with E-state index in [-0.39, 0.29) is 5.41 Å². The third-order valence-corrected chi connectivity index (χ3v) is 12.3. The van der Waals surface area contributed by atoms with E-state index in [0.29, 0.717) is 23.4 Å². The standard InChI is InChI=1S/C31H54O2/c1-21(2)28(4,20-32)15-8-9-22(3)25-12-13-26-24-11-10-23-19-29(5,33)17-18-30(23,6)27(24)14-16-31(25,26)7/h10,21-22,24-27,32-33H,8-9,11-20H2,1-7H3/t22-,24+,25-,26+,27+,28-,29+,30+,31-/m1/s1. The zero-order chi connectivity index (χ0) is 24.2. The maximum atomic E-state index is 10.7. The lowest BCUT2D eigenvalue weighted by Crippen LogP contribution is -2.52. The lowest BCUT2D eigenvalue weighted by Gasteiger charge is -2.59. The van der Waals surface area contributed by atoms with Crippen LogP contribution < -0.4 is 0 Å². The van der Waals surface area contributed by atoms with Crippen LogP contribution >= 0.6 is 0 Å². The molecule has 0 spiro atoms. The second-order valence-electron chi connectivity index (χ2n) is 14.5. The minimum absolute atomic E-state index is 0.0755. The van der Waals surface area contributed by atoms with Gasteiger partial charge in [-0.25, -0.2) is 0 Å². The van der Waals surface area contributed by atoms with Crippen molar-refractivity contribution in [2.75, 3.05) is 6.61 Å². The average Bonchev–Trinajstić information content (AvgIpc) is 3.11. The summed E-state index contributed by atoms with van der Waals surface area (Å²) in [7, 11) is 0. The van der Waals surface area contributed by atoms with Crippen LogP contribution in [0.2, 0.25) is 0 Å². The number of aliphatic hydroxyl groups is 2. The minimum atomic E-state index is -0.489. The molecule has 4 aliphatic rings. The van der Waals surface area contributed by atoms with E-state index in [0.717, 1.165) is 48.9 Å². The highest BCUT2D eigenvalue weighted by Gasteiger charge is 2.59. The van der Waals surface area contributed by atoms with E-state index in [9.17, 15) is 10.2 Å². The summed E-state index contributed by atoms with van der Waals surface area (Å²) < 4.78 is 0. The van der Waals surface area contributed by atoms with Gasteiger partial charge < -0.3 is 10.2 Å². The summed E-state index contributed by atoms with van der Waals surface area (Å²) in [5.41, 5.74) is 2.02. The normalized spacial score (nSPS) is 45.6. The van der Waals surface area contributed by atoms with Crippen molar-refractivity contribution >= 4 is 0 Å². The van der Waals surface area contributed by atoms with Crippen molar-refractivity contribution in [3.8, 4) is 0 Å². The van der Waals surface area contributed by atoms with Gasteiger partial charge in [0.15, 0.2) is 0 Å². The van der Waals surface area contributed by atoms with Crippen LogP contribution in [-0.4, -0.2) is 22.4 Å². The Morgan fingerprint density at radius 1 is 1.03 bits per heavy atom. The summed E-state index contributed by atoms with van der Waals surface area (Å²) >= 11 is 0. The molecule has 0 saturated heterocycles. The third-order valence-electron chi connectivity index (χ3n) is 12.3. The van der Waals surface area contributed by atoms with Crippen LogP contribution in [0.25, 0.3) is 0 Å². The molecule has 0 aromatic carbocycles. The maximum Gasteiger partial charge on any atom is 0.0657 e. The zero-order valence-electron chi connectivity index (χ0n) is 22.9. The Bertz CT molecular complexity index is 737. The predicted octanol–water partition coefficient (Wildman–Crippen LogP) is 7.78. The molecule has 3 fully saturated rings. The lowest BCUT2D eigenvalue weighted by molar-refractivity contribution is -0.0707. The van der Waals surface area contributed by atoms with Crippen molar-refractivity contribution < 1.29 is 10.2 Å². The largest absolute Gasteiger partial charge is 0.396 e. The van der Waals surface area contributed by atoms with Gasteiger partial charge in [0.05, 0.1) is 5.60 Å². The van der Waals surface area contributed by atoms with E-state index in [2.05, 4.69) is 47.6 Å². The fraction of sp³-hybridized carbons (Fsp3) is 0.935. The van der Waals surface area contributed by atoms with Crippen molar-refractivity contribution in [1.29, 1.82) is 0 Å². The van der Waals surface area contributed by atoms with Crippen LogP contribution in [0.1, 0.15) is 119 Å². The molecule has 0 unspecified atom stereocenters. The molecule has 0 heterocycles. The van der Waals surface area contributed by atoms with Gasteiger partial charge in [-0.15, -0.1) is 0 Å². The number of allylic oxidation sites excluding steroid dienone is 1. The van der Waals surface area contributed by atoms with Crippen molar-refractivity contribution in [3.63, 3.8) is 0 Å². The predicted molar refractivity (Wildman–Crippen MR) is 139 cm³/mol. The Morgan fingerprint density at radius 3 is 2.42 bits per heavy atom. The van der Waals surface area contributed by atoms with E-state index in [1.54, 1.807) is 5.57 Å². The molecule has 0 aromatic rings. The molecule has 0 amide bonds. The van der Waals surface area contributed by atoms with Gasteiger partial charge in [0.1, 0.15) is 0 Å². The molecule has 0 aliphatic heterocycles. The molecule has 190 valence electrons. The van der Waals surface area contributed by atoms with Crippen LogP contribution in [0, 0.1) is 51.8 Å². The highest BCUT2D eigenvalue weighted by atomic mass is 16.3. The maximum absolute atomic E-state index is 10.7. The summed E-state index contributed by atoms with van der Waals surface area (Å²) in [6, 6.07) is 0. The smallest absolute Gasteiger partial charge is 0.0657 e. The molecule has 3 saturated carbocycles. The summed E-state index contributed by atoms with van der Waals surface area (Å²) in [4.78, 5) is 0. The highest BCUT2D eigenvalue weighted by molar-refractivity contribution is 5.26. The van der Waals surface area contributed by atoms with E-state index in [1.807, 2.05) is 6.92 Å². The second kappa shape index (κ2) is 8.95. The molecule has 4 rings (SSSR count). The fourth-order valence-electron chi connectivity index (χ4n) is 9.36. The van der Waals surface area contributed by atoms with Gasteiger partial charge in [-0.05, 0) is 116 Å². The molecule has 2 nitrogen and oxygen atoms in total. The highest BCUT2D eigenvalue weighted by Crippen LogP contribution is 2.67. The van der Waals surface area contributed by atoms with Gasteiger partial charge in [0, 0.05) is 6.61 Å². The first-order valence-electron chi connectivity index (χ1n) is 14.4. The molecule has 2 N–H and O–H groups in total. The first-order valence-corrected chi connectivity index (χ1v) is 14.4. The van der Waals surface area contributed by atoms with Gasteiger partial charge in [0.25, 0.3) is 0 Å². The van der Waals surface area contributed by atoms with Crippen LogP contribution in [0.3, 0.4) is 0 Å². The number of aliphatic hydroxyl groups excluding tert-OH is 1. The Hall–Kier alpha value is -0.340. The summed E-state index contributed by atoms with van der Waals surface area (Å²) in [6.07, 6.45) is 16.3. The minimum Gasteiger partial charge on any atom is -0.396 e. The fourth-order valence-corrected chi connectivity index (χ4v) is 9.36. The van der Waals surface area contributed by atoms with Crippen molar-refractivity contribution in [2.45, 2.75) is 125 Å². The van der Waals surface area contributed by atoms with E-state index >= 15 is 0 Å². The van der Waals surface area contributed by atoms with Gasteiger partial charge in [0.2, 0.25) is 0 Å². The number of hydrogen-bond acceptors (Lipinski definition) is 2. The average molecular weight is 459 g/mol. The van der Waals surface area contributed by atoms with Crippen molar-refractivity contribution in [3.05, 3.63) is 11.6 Å². The number of rotatable bonds is 7. The van der Waals surface area contributed by atoms with E-state index in [4.69, 9.17) is 0 Å². The number of fused-ring (bicyclic) bond motifs is 5. The lowest BCUT2D eigenvalue weighted by atomic mass is 9.46. The monoisotopic (exact) mass is 458 g/mol. The molecule has 0 aromatic heterocycles. The topological polar surface area (TPSA) is 40.5 Å². The molecular weight excluding hydrogens is 404 g/mol. The third kappa shape index (κ3) is 4.39. The molecule has 0 radical (unpaired) electrons. The first kappa shape index (κ1) is 25.7. The van der Waals surface area contributed by atoms with E-state index < -0.39 is 5.60 Å². The molecule has 4 aliphatic carbocycles. The Balaban J connectivity index is 1.44. The van der Waals surface area contributed by atoms with Crippen LogP contribution in [0.15, 0.2) is 11.6 Å². The zero-order valence-corrected chi connectivity index (χ0v) is 22.9. The summed E-state index contributed by atoms with van der Waals surface area (Å²) in [5, 5.41) is 20.7. The van der Waals surface area contributed by atoms with Crippen LogP contribution in [0.5, 0.6) is 0 Å². The molecule has 2 heteroatoms. The van der Waals surface area contributed by atoms with Gasteiger partial charge in [-0.1, -0.05) is 66.0 Å². The van der Waals surface area contributed by atoms with Gasteiger partial charge >= 0.3 is 0 Å². The van der Waals surface area contributed by atoms with Crippen molar-refractivity contribution in [2.24, 2.45) is 51.8 Å². The molecule has 33 heavy (non-hydrogen) atoms. The Kier molecular flexibility index (Phi) is 6.98. The molecular formula is C31H54O2. The Morgan fingerprint density at radius 2 is 1.76 bits per heavy atom. The summed E-state index contributed by atoms with van der Waals surface area (Å²) in [5.74, 6) is 4.78. The van der Waals surface area contributed by atoms with Gasteiger partial charge in [-0.3, -0.25) is 0 Å². The first-order chi connectivity index (χ1) is 15.4. The molecule has 0 bridgehead atoms. The quantitative estimate of drug-likeness (QED) is 0.382. The van der Waals surface area contributed by atoms with Crippen molar-refractivity contribution in [1.82, 2.24) is 0 Å². The SMILES string of the molecule is CC(C)[C@@](C)(CO)CCC[C@@H](C)[C@H]1CC[C@H]2[C@@H]3CC=C4C[C@@](C)(O)CC[C@]4(C)[C@H]3CC[C@]12C. The Labute approximate surface area is 205 Å². The van der Waals surface area contributed by atoms with Crippen LogP contribution in [-0.2, 0) is 0 Å². The summed E-state index contributed by atoms with van der Waals surface area (Å²) in [6.45, 7) is 16.9. The van der Waals surface area contributed by atoms with E-state index in [1.165, 1.54) is 51.4 Å².